The van der Waals surface area contributed by atoms with Gasteiger partial charge in [0.2, 0.25) is 5.91 Å². The van der Waals surface area contributed by atoms with Gasteiger partial charge in [-0.25, -0.2) is 0 Å². The third-order valence-electron chi connectivity index (χ3n) is 2.99. The van der Waals surface area contributed by atoms with Crippen LogP contribution in [0, 0.1) is 18.8 Å². The molecular weight excluding hydrogens is 232 g/mol. The van der Waals surface area contributed by atoms with E-state index in [0.29, 0.717) is 6.54 Å². The lowest BCUT2D eigenvalue weighted by Gasteiger charge is -2.15. The number of carboxylic acids is 1. The quantitative estimate of drug-likeness (QED) is 0.827. The van der Waals surface area contributed by atoms with E-state index in [-0.39, 0.29) is 5.91 Å². The zero-order valence-corrected chi connectivity index (χ0v) is 10.8. The number of hydrogen-bond acceptors (Lipinski definition) is 3. The molecule has 0 spiro atoms. The van der Waals surface area contributed by atoms with Gasteiger partial charge in [-0.05, 0) is 18.6 Å². The summed E-state index contributed by atoms with van der Waals surface area (Å²) < 4.78 is 0. The number of rotatable bonds is 5. The summed E-state index contributed by atoms with van der Waals surface area (Å²) in [4.78, 5) is 26.6. The molecule has 2 atom stereocenters. The topological polar surface area (TPSA) is 79.3 Å². The molecule has 5 nitrogen and oxygen atoms in total. The third kappa shape index (κ3) is 3.84. The van der Waals surface area contributed by atoms with Crippen LogP contribution in [0.2, 0.25) is 0 Å². The maximum absolute atomic E-state index is 11.7. The molecule has 0 aliphatic rings. The Hall–Kier alpha value is -1.91. The zero-order chi connectivity index (χ0) is 13.7. The van der Waals surface area contributed by atoms with Gasteiger partial charge in [0.25, 0.3) is 0 Å². The first kappa shape index (κ1) is 14.2. The van der Waals surface area contributed by atoms with Crippen molar-refractivity contribution in [3.8, 4) is 0 Å². The van der Waals surface area contributed by atoms with Crippen LogP contribution in [-0.2, 0) is 16.1 Å². The molecule has 0 aliphatic heterocycles. The van der Waals surface area contributed by atoms with E-state index in [0.717, 1.165) is 11.3 Å². The van der Waals surface area contributed by atoms with Crippen molar-refractivity contribution in [2.45, 2.75) is 27.3 Å². The average Bonchev–Trinajstić information content (AvgIpc) is 2.35. The molecule has 0 aliphatic carbocycles. The molecule has 0 saturated heterocycles. The first-order chi connectivity index (χ1) is 8.41. The van der Waals surface area contributed by atoms with Crippen molar-refractivity contribution < 1.29 is 14.7 Å². The summed E-state index contributed by atoms with van der Waals surface area (Å²) in [5.41, 5.74) is 1.81. The fourth-order valence-corrected chi connectivity index (χ4v) is 1.39. The maximum atomic E-state index is 11.7. The second-order valence-corrected chi connectivity index (χ2v) is 4.44. The van der Waals surface area contributed by atoms with Crippen molar-refractivity contribution in [2.24, 2.45) is 11.8 Å². The number of carbonyl (C=O) groups is 2. The number of pyridine rings is 1. The summed E-state index contributed by atoms with van der Waals surface area (Å²) in [7, 11) is 0. The Balaban J connectivity index is 2.50. The number of aromatic nitrogens is 1. The van der Waals surface area contributed by atoms with Crippen molar-refractivity contribution in [1.82, 2.24) is 10.3 Å². The highest BCUT2D eigenvalue weighted by atomic mass is 16.4. The summed E-state index contributed by atoms with van der Waals surface area (Å²) in [5, 5.41) is 11.5. The van der Waals surface area contributed by atoms with Gasteiger partial charge in [-0.3, -0.25) is 14.6 Å². The molecule has 5 heteroatoms. The van der Waals surface area contributed by atoms with Crippen molar-refractivity contribution in [3.63, 3.8) is 0 Å². The summed E-state index contributed by atoms with van der Waals surface area (Å²) in [6.07, 6.45) is 1.70. The first-order valence-corrected chi connectivity index (χ1v) is 5.84. The lowest BCUT2D eigenvalue weighted by Crippen LogP contribution is -2.34. The first-order valence-electron chi connectivity index (χ1n) is 5.84. The molecule has 18 heavy (non-hydrogen) atoms. The highest BCUT2D eigenvalue weighted by molar-refractivity contribution is 5.84. The Morgan fingerprint density at radius 1 is 1.33 bits per heavy atom. The minimum Gasteiger partial charge on any atom is -0.481 e. The number of nitrogens with zero attached hydrogens (tertiary/aromatic N) is 1. The van der Waals surface area contributed by atoms with Crippen molar-refractivity contribution in [3.05, 3.63) is 29.6 Å². The molecule has 1 heterocycles. The van der Waals surface area contributed by atoms with E-state index in [2.05, 4.69) is 10.3 Å². The summed E-state index contributed by atoms with van der Waals surface area (Å²) in [5.74, 6) is -2.47. The highest BCUT2D eigenvalue weighted by Gasteiger charge is 2.25. The average molecular weight is 250 g/mol. The second-order valence-electron chi connectivity index (χ2n) is 4.44. The molecule has 1 amide bonds. The maximum Gasteiger partial charge on any atom is 0.307 e. The van der Waals surface area contributed by atoms with Crippen LogP contribution >= 0.6 is 0 Å². The molecule has 0 bridgehead atoms. The normalized spacial score (nSPS) is 13.7. The standard InChI is InChI=1S/C13H18N2O3/c1-8-4-5-11(6-14-8)7-15-12(16)9(2)10(3)13(17)18/h4-6,9-10H,7H2,1-3H3,(H,15,16)(H,17,18). The monoisotopic (exact) mass is 250 g/mol. The van der Waals surface area contributed by atoms with E-state index in [1.54, 1.807) is 13.1 Å². The smallest absolute Gasteiger partial charge is 0.307 e. The number of nitrogens with one attached hydrogen (secondary N) is 1. The number of hydrogen-bond donors (Lipinski definition) is 2. The zero-order valence-electron chi connectivity index (χ0n) is 10.8. The van der Waals surface area contributed by atoms with Crippen molar-refractivity contribution in [1.29, 1.82) is 0 Å². The van der Waals surface area contributed by atoms with Crippen LogP contribution in [0.25, 0.3) is 0 Å². The van der Waals surface area contributed by atoms with E-state index < -0.39 is 17.8 Å². The van der Waals surface area contributed by atoms with Crippen LogP contribution in [0.5, 0.6) is 0 Å². The van der Waals surface area contributed by atoms with Crippen molar-refractivity contribution in [2.75, 3.05) is 0 Å². The fraction of sp³-hybridized carbons (Fsp3) is 0.462. The predicted molar refractivity (Wildman–Crippen MR) is 66.8 cm³/mol. The van der Waals surface area contributed by atoms with E-state index in [4.69, 9.17) is 5.11 Å². The van der Waals surface area contributed by atoms with Crippen molar-refractivity contribution >= 4 is 11.9 Å². The van der Waals surface area contributed by atoms with Gasteiger partial charge >= 0.3 is 5.97 Å². The molecular formula is C13H18N2O3. The molecule has 0 saturated carbocycles. The lowest BCUT2D eigenvalue weighted by molar-refractivity contribution is -0.146. The number of aliphatic carboxylic acids is 1. The van der Waals surface area contributed by atoms with Gasteiger partial charge in [-0.1, -0.05) is 19.9 Å². The summed E-state index contributed by atoms with van der Waals surface area (Å²) >= 11 is 0. The summed E-state index contributed by atoms with van der Waals surface area (Å²) in [6, 6.07) is 3.75. The van der Waals surface area contributed by atoms with Gasteiger partial charge in [0.05, 0.1) is 5.92 Å². The van der Waals surface area contributed by atoms with E-state index in [9.17, 15) is 9.59 Å². The molecule has 0 fully saturated rings. The molecule has 1 aromatic rings. The molecule has 0 aromatic carbocycles. The SMILES string of the molecule is Cc1ccc(CNC(=O)C(C)C(C)C(=O)O)cn1. The Bertz CT molecular complexity index is 428. The fourth-order valence-electron chi connectivity index (χ4n) is 1.39. The Kier molecular flexibility index (Phi) is 4.83. The Morgan fingerprint density at radius 3 is 2.50 bits per heavy atom. The Morgan fingerprint density at radius 2 is 2.00 bits per heavy atom. The van der Waals surface area contributed by atoms with Crippen LogP contribution < -0.4 is 5.32 Å². The largest absolute Gasteiger partial charge is 0.481 e. The van der Waals surface area contributed by atoms with Crippen LogP contribution in [0.3, 0.4) is 0 Å². The molecule has 1 aromatic heterocycles. The van der Waals surface area contributed by atoms with Gasteiger partial charge in [0.15, 0.2) is 0 Å². The minimum absolute atomic E-state index is 0.259. The molecule has 1 rings (SSSR count). The number of aryl methyl sites for hydroxylation is 1. The van der Waals surface area contributed by atoms with Gasteiger partial charge in [0.1, 0.15) is 0 Å². The molecule has 2 unspecified atom stereocenters. The Labute approximate surface area is 106 Å². The van der Waals surface area contributed by atoms with Gasteiger partial charge in [-0.15, -0.1) is 0 Å². The number of carboxylic acid groups (broad SMARTS) is 1. The molecule has 0 radical (unpaired) electrons. The number of carbonyl (C=O) groups excluding carboxylic acids is 1. The predicted octanol–water partition coefficient (Wildman–Crippen LogP) is 1.36. The van der Waals surface area contributed by atoms with Crippen LogP contribution in [0.1, 0.15) is 25.1 Å². The van der Waals surface area contributed by atoms with Gasteiger partial charge in [-0.2, -0.15) is 0 Å². The van der Waals surface area contributed by atoms with Gasteiger partial charge < -0.3 is 10.4 Å². The van der Waals surface area contributed by atoms with Crippen LogP contribution in [-0.4, -0.2) is 22.0 Å². The van der Waals surface area contributed by atoms with Crippen LogP contribution in [0.4, 0.5) is 0 Å². The third-order valence-corrected chi connectivity index (χ3v) is 2.99. The van der Waals surface area contributed by atoms with E-state index in [1.165, 1.54) is 6.92 Å². The minimum atomic E-state index is -0.963. The lowest BCUT2D eigenvalue weighted by atomic mass is 9.95. The van der Waals surface area contributed by atoms with Crippen LogP contribution in [0.15, 0.2) is 18.3 Å². The molecule has 98 valence electrons. The second kappa shape index (κ2) is 6.14. The van der Waals surface area contributed by atoms with Gasteiger partial charge in [0, 0.05) is 24.4 Å². The highest BCUT2D eigenvalue weighted by Crippen LogP contribution is 2.11. The molecule has 2 N–H and O–H groups in total. The van der Waals surface area contributed by atoms with E-state index in [1.807, 2.05) is 19.1 Å². The summed E-state index contributed by atoms with van der Waals surface area (Å²) in [6.45, 7) is 5.39. The van der Waals surface area contributed by atoms with E-state index >= 15 is 0 Å². The number of amides is 1.